The van der Waals surface area contributed by atoms with Crippen LogP contribution in [0.1, 0.15) is 18.7 Å². The summed E-state index contributed by atoms with van der Waals surface area (Å²) in [4.78, 5) is 24.3. The predicted octanol–water partition coefficient (Wildman–Crippen LogP) is 0.589. The number of amides is 1. The van der Waals surface area contributed by atoms with Crippen LogP contribution in [0.5, 0.6) is 0 Å². The van der Waals surface area contributed by atoms with E-state index in [2.05, 4.69) is 15.1 Å². The third-order valence-electron chi connectivity index (χ3n) is 4.25. The summed E-state index contributed by atoms with van der Waals surface area (Å²) >= 11 is 0. The Kier molecular flexibility index (Phi) is 5.10. The zero-order chi connectivity index (χ0) is 17.9. The lowest BCUT2D eigenvalue weighted by Gasteiger charge is -2.26. The molecule has 134 valence electrons. The minimum atomic E-state index is -0.821. The molecule has 2 aromatic heterocycles. The zero-order valence-corrected chi connectivity index (χ0v) is 14.6. The van der Waals surface area contributed by atoms with Crippen molar-refractivity contribution in [1.82, 2.24) is 24.9 Å². The Balaban J connectivity index is 1.53. The Morgan fingerprint density at radius 1 is 1.40 bits per heavy atom. The molecule has 2 aromatic rings. The molecule has 0 radical (unpaired) electrons. The number of likely N-dealkylation sites (tertiary alicyclic amines) is 1. The highest BCUT2D eigenvalue weighted by Crippen LogP contribution is 2.23. The molecule has 0 aliphatic carbocycles. The van der Waals surface area contributed by atoms with Crippen molar-refractivity contribution in [3.63, 3.8) is 0 Å². The normalized spacial score (nSPS) is 20.4. The van der Waals surface area contributed by atoms with Crippen molar-refractivity contribution in [3.05, 3.63) is 30.4 Å². The molecule has 1 fully saturated rings. The predicted molar refractivity (Wildman–Crippen MR) is 90.6 cm³/mol. The summed E-state index contributed by atoms with van der Waals surface area (Å²) in [6.07, 6.45) is 4.60. The SMILES string of the molecule is CN(C)C[C@]1(O)CCN(C(=O)CCc2nc(-c3ccncc3)no2)C1. The number of pyridine rings is 1. The smallest absolute Gasteiger partial charge is 0.227 e. The van der Waals surface area contributed by atoms with E-state index < -0.39 is 5.60 Å². The minimum absolute atomic E-state index is 0.00153. The van der Waals surface area contributed by atoms with Gasteiger partial charge in [-0.1, -0.05) is 5.16 Å². The van der Waals surface area contributed by atoms with Crippen LogP contribution in [-0.4, -0.2) is 75.3 Å². The topological polar surface area (TPSA) is 95.6 Å². The lowest BCUT2D eigenvalue weighted by atomic mass is 10.0. The van der Waals surface area contributed by atoms with Gasteiger partial charge in [0.05, 0.1) is 12.1 Å². The monoisotopic (exact) mass is 345 g/mol. The number of aromatic nitrogens is 3. The lowest BCUT2D eigenvalue weighted by Crippen LogP contribution is -2.43. The Morgan fingerprint density at radius 2 is 2.16 bits per heavy atom. The van der Waals surface area contributed by atoms with Gasteiger partial charge in [-0.2, -0.15) is 4.98 Å². The van der Waals surface area contributed by atoms with Gasteiger partial charge < -0.3 is 19.4 Å². The van der Waals surface area contributed by atoms with Crippen LogP contribution in [0.2, 0.25) is 0 Å². The maximum Gasteiger partial charge on any atom is 0.227 e. The standard InChI is InChI=1S/C17H23N5O3/c1-21(2)11-17(24)7-10-22(12-17)15(23)4-3-14-19-16(20-25-14)13-5-8-18-9-6-13/h5-6,8-9,24H,3-4,7,10-12H2,1-2H3/t17-/m1/s1. The molecule has 1 N–H and O–H groups in total. The Morgan fingerprint density at radius 3 is 2.88 bits per heavy atom. The highest BCUT2D eigenvalue weighted by Gasteiger charge is 2.38. The van der Waals surface area contributed by atoms with Gasteiger partial charge in [0.25, 0.3) is 0 Å². The summed E-state index contributed by atoms with van der Waals surface area (Å²) in [6, 6.07) is 3.60. The first-order chi connectivity index (χ1) is 12.0. The molecule has 0 aromatic carbocycles. The molecule has 1 atom stereocenters. The molecule has 1 saturated heterocycles. The molecule has 8 heteroatoms. The Labute approximate surface area is 146 Å². The number of hydrogen-bond acceptors (Lipinski definition) is 7. The van der Waals surface area contributed by atoms with Gasteiger partial charge in [-0.25, -0.2) is 0 Å². The van der Waals surface area contributed by atoms with Crippen molar-refractivity contribution in [2.45, 2.75) is 24.9 Å². The van der Waals surface area contributed by atoms with Gasteiger partial charge in [0, 0.05) is 43.9 Å². The number of β-amino-alcohol motifs (C(OH)–C–C–N with tert-alkyl or cyclic N) is 1. The summed E-state index contributed by atoms with van der Waals surface area (Å²) in [6.45, 7) is 1.50. The molecule has 0 spiro atoms. The molecule has 3 rings (SSSR count). The fraction of sp³-hybridized carbons (Fsp3) is 0.529. The van der Waals surface area contributed by atoms with E-state index in [0.29, 0.717) is 44.2 Å². The van der Waals surface area contributed by atoms with E-state index in [9.17, 15) is 9.90 Å². The van der Waals surface area contributed by atoms with Crippen LogP contribution in [-0.2, 0) is 11.2 Å². The van der Waals surface area contributed by atoms with Gasteiger partial charge in [0.2, 0.25) is 17.6 Å². The summed E-state index contributed by atoms with van der Waals surface area (Å²) in [5, 5.41) is 14.4. The fourth-order valence-electron chi connectivity index (χ4n) is 3.13. The van der Waals surface area contributed by atoms with Crippen LogP contribution in [0.3, 0.4) is 0 Å². The van der Waals surface area contributed by atoms with E-state index in [-0.39, 0.29) is 12.3 Å². The van der Waals surface area contributed by atoms with Gasteiger partial charge in [0.1, 0.15) is 0 Å². The maximum atomic E-state index is 12.4. The Bertz CT molecular complexity index is 718. The third kappa shape index (κ3) is 4.40. The van der Waals surface area contributed by atoms with E-state index >= 15 is 0 Å². The first kappa shape index (κ1) is 17.5. The molecule has 1 aliphatic rings. The second kappa shape index (κ2) is 7.28. The van der Waals surface area contributed by atoms with Gasteiger partial charge in [0.15, 0.2) is 0 Å². The van der Waals surface area contributed by atoms with Crippen LogP contribution in [0.15, 0.2) is 29.0 Å². The first-order valence-electron chi connectivity index (χ1n) is 8.33. The van der Waals surface area contributed by atoms with Crippen LogP contribution in [0.4, 0.5) is 0 Å². The number of rotatable bonds is 6. The van der Waals surface area contributed by atoms with Crippen molar-refractivity contribution in [3.8, 4) is 11.4 Å². The Hall–Kier alpha value is -2.32. The van der Waals surface area contributed by atoms with Gasteiger partial charge in [-0.05, 0) is 32.6 Å². The molecule has 0 bridgehead atoms. The van der Waals surface area contributed by atoms with E-state index in [1.807, 2.05) is 19.0 Å². The van der Waals surface area contributed by atoms with E-state index in [0.717, 1.165) is 5.56 Å². The number of hydrogen-bond donors (Lipinski definition) is 1. The van der Waals surface area contributed by atoms with E-state index in [4.69, 9.17) is 4.52 Å². The summed E-state index contributed by atoms with van der Waals surface area (Å²) in [7, 11) is 3.83. The largest absolute Gasteiger partial charge is 0.387 e. The number of carbonyl (C=O) groups is 1. The summed E-state index contributed by atoms with van der Waals surface area (Å²) in [5.41, 5.74) is 0.00245. The first-order valence-corrected chi connectivity index (χ1v) is 8.33. The number of likely N-dealkylation sites (N-methyl/N-ethyl adjacent to an activating group) is 1. The molecule has 1 amide bonds. The minimum Gasteiger partial charge on any atom is -0.387 e. The molecule has 1 aliphatic heterocycles. The maximum absolute atomic E-state index is 12.4. The second-order valence-electron chi connectivity index (χ2n) is 6.78. The number of aryl methyl sites for hydroxylation is 1. The number of nitrogens with zero attached hydrogens (tertiary/aromatic N) is 5. The average Bonchev–Trinajstić information content (AvgIpc) is 3.20. The van der Waals surface area contributed by atoms with Crippen molar-refractivity contribution >= 4 is 5.91 Å². The molecule has 0 unspecified atom stereocenters. The van der Waals surface area contributed by atoms with Gasteiger partial charge in [-0.15, -0.1) is 0 Å². The highest BCUT2D eigenvalue weighted by atomic mass is 16.5. The van der Waals surface area contributed by atoms with Crippen molar-refractivity contribution in [2.24, 2.45) is 0 Å². The molecule has 3 heterocycles. The average molecular weight is 345 g/mol. The fourth-order valence-corrected chi connectivity index (χ4v) is 3.13. The summed E-state index contributed by atoms with van der Waals surface area (Å²) < 4.78 is 5.22. The second-order valence-corrected chi connectivity index (χ2v) is 6.78. The molecular weight excluding hydrogens is 322 g/mol. The third-order valence-corrected chi connectivity index (χ3v) is 4.25. The lowest BCUT2D eigenvalue weighted by molar-refractivity contribution is -0.131. The number of aliphatic hydroxyl groups is 1. The zero-order valence-electron chi connectivity index (χ0n) is 14.6. The molecular formula is C17H23N5O3. The summed E-state index contributed by atoms with van der Waals surface area (Å²) in [5.74, 6) is 0.924. The van der Waals surface area contributed by atoms with Crippen molar-refractivity contribution in [1.29, 1.82) is 0 Å². The highest BCUT2D eigenvalue weighted by molar-refractivity contribution is 5.76. The quantitative estimate of drug-likeness (QED) is 0.818. The molecule has 8 nitrogen and oxygen atoms in total. The van der Waals surface area contributed by atoms with E-state index in [1.165, 1.54) is 0 Å². The van der Waals surface area contributed by atoms with Crippen molar-refractivity contribution < 1.29 is 14.4 Å². The van der Waals surface area contributed by atoms with Crippen molar-refractivity contribution in [2.75, 3.05) is 33.7 Å². The van der Waals surface area contributed by atoms with Crippen LogP contribution in [0.25, 0.3) is 11.4 Å². The van der Waals surface area contributed by atoms with Crippen LogP contribution in [0, 0.1) is 0 Å². The molecule has 25 heavy (non-hydrogen) atoms. The van der Waals surface area contributed by atoms with E-state index in [1.54, 1.807) is 29.4 Å². The van der Waals surface area contributed by atoms with Gasteiger partial charge >= 0.3 is 0 Å². The van der Waals surface area contributed by atoms with Crippen LogP contribution >= 0.6 is 0 Å². The van der Waals surface area contributed by atoms with Gasteiger partial charge in [-0.3, -0.25) is 9.78 Å². The number of carbonyl (C=O) groups excluding carboxylic acids is 1. The molecule has 0 saturated carbocycles. The van der Waals surface area contributed by atoms with Crippen LogP contribution < -0.4 is 0 Å².